The summed E-state index contributed by atoms with van der Waals surface area (Å²) in [4.78, 5) is 26.9. The van der Waals surface area contributed by atoms with Crippen LogP contribution in [0.15, 0.2) is 72.3 Å². The van der Waals surface area contributed by atoms with E-state index in [0.717, 1.165) is 44.3 Å². The molecule has 0 saturated heterocycles. The van der Waals surface area contributed by atoms with Crippen molar-refractivity contribution >= 4 is 23.1 Å². The summed E-state index contributed by atoms with van der Waals surface area (Å²) in [5.41, 5.74) is 9.69. The molecule has 1 aliphatic carbocycles. The lowest BCUT2D eigenvalue weighted by molar-refractivity contribution is -0.113. The zero-order valence-electron chi connectivity index (χ0n) is 17.0. The summed E-state index contributed by atoms with van der Waals surface area (Å²) in [5.74, 6) is -0.693. The van der Waals surface area contributed by atoms with Gasteiger partial charge in [0.05, 0.1) is 11.3 Å². The maximum Gasteiger partial charge on any atom is 0.251 e. The third-order valence-corrected chi connectivity index (χ3v) is 5.93. The predicted molar refractivity (Wildman–Crippen MR) is 120 cm³/mol. The number of amides is 2. The summed E-state index contributed by atoms with van der Waals surface area (Å²) in [6, 6.07) is 17.6. The molecule has 2 amide bonds. The van der Waals surface area contributed by atoms with Crippen molar-refractivity contribution in [2.24, 2.45) is 5.73 Å². The number of carbonyl (C=O) groups is 2. The first-order chi connectivity index (χ1) is 14.6. The number of nitrogens with two attached hydrogens (primary N) is 1. The van der Waals surface area contributed by atoms with E-state index in [9.17, 15) is 9.59 Å². The zero-order chi connectivity index (χ0) is 20.9. The Morgan fingerprint density at radius 1 is 1.00 bits per heavy atom. The van der Waals surface area contributed by atoms with Gasteiger partial charge in [-0.25, -0.2) is 0 Å². The number of nitrogens with zero attached hydrogens (tertiary/aromatic N) is 1. The highest BCUT2D eigenvalue weighted by Crippen LogP contribution is 2.28. The Kier molecular flexibility index (Phi) is 6.10. The van der Waals surface area contributed by atoms with Crippen LogP contribution in [0.2, 0.25) is 0 Å². The van der Waals surface area contributed by atoms with Gasteiger partial charge in [-0.3, -0.25) is 14.5 Å². The Hall–Kier alpha value is -3.18. The fourth-order valence-electron chi connectivity index (χ4n) is 4.29. The molecule has 0 bridgehead atoms. The van der Waals surface area contributed by atoms with Crippen molar-refractivity contribution in [2.75, 3.05) is 18.4 Å². The molecule has 154 valence electrons. The van der Waals surface area contributed by atoms with Crippen LogP contribution in [-0.4, -0.2) is 35.8 Å². The lowest BCUT2D eigenvalue weighted by Gasteiger charge is -2.35. The van der Waals surface area contributed by atoms with Crippen LogP contribution < -0.4 is 11.1 Å². The highest BCUT2D eigenvalue weighted by molar-refractivity contribution is 6.08. The standard InChI is InChI=1S/C25H27N3O2/c26-24(29)22-11-4-5-12-23(22)27-25(30)20-9-6-10-21(17-20)28-15-13-19(14-16-28)18-7-2-1-3-8-18/h1-5,7-8,11-13,17,21H,6,9-10,14-16H2,(H2,26,29)(H,27,30). The van der Waals surface area contributed by atoms with Gasteiger partial charge in [-0.2, -0.15) is 0 Å². The smallest absolute Gasteiger partial charge is 0.251 e. The Labute approximate surface area is 177 Å². The Morgan fingerprint density at radius 2 is 1.77 bits per heavy atom. The molecule has 2 aromatic rings. The SMILES string of the molecule is NC(=O)c1ccccc1NC(=O)C1=CC(N2CC=C(c3ccccc3)CC2)CCC1. The first kappa shape index (κ1) is 20.1. The van der Waals surface area contributed by atoms with E-state index >= 15 is 0 Å². The van der Waals surface area contributed by atoms with Crippen molar-refractivity contribution in [2.45, 2.75) is 31.7 Å². The van der Waals surface area contributed by atoms with Crippen LogP contribution in [0.4, 0.5) is 5.69 Å². The van der Waals surface area contributed by atoms with Gasteiger partial charge in [0.2, 0.25) is 0 Å². The molecule has 0 saturated carbocycles. The molecule has 30 heavy (non-hydrogen) atoms. The second-order valence-corrected chi connectivity index (χ2v) is 7.86. The van der Waals surface area contributed by atoms with Crippen LogP contribution in [0, 0.1) is 0 Å². The summed E-state index contributed by atoms with van der Waals surface area (Å²) >= 11 is 0. The van der Waals surface area contributed by atoms with Gasteiger partial charge in [-0.15, -0.1) is 0 Å². The Bertz CT molecular complexity index is 994. The summed E-state index contributed by atoms with van der Waals surface area (Å²) < 4.78 is 0. The summed E-state index contributed by atoms with van der Waals surface area (Å²) in [6.07, 6.45) is 8.22. The third-order valence-electron chi connectivity index (χ3n) is 5.93. The fraction of sp³-hybridized carbons (Fsp3) is 0.280. The minimum absolute atomic E-state index is 0.147. The highest BCUT2D eigenvalue weighted by Gasteiger charge is 2.25. The van der Waals surface area contributed by atoms with Gasteiger partial charge < -0.3 is 11.1 Å². The van der Waals surface area contributed by atoms with E-state index < -0.39 is 5.91 Å². The second kappa shape index (κ2) is 9.09. The zero-order valence-corrected chi connectivity index (χ0v) is 17.0. The van der Waals surface area contributed by atoms with E-state index in [1.165, 1.54) is 11.1 Å². The van der Waals surface area contributed by atoms with Crippen LogP contribution in [0.25, 0.3) is 5.57 Å². The van der Waals surface area contributed by atoms with E-state index in [2.05, 4.69) is 46.6 Å². The van der Waals surface area contributed by atoms with E-state index in [4.69, 9.17) is 5.73 Å². The summed E-state index contributed by atoms with van der Waals surface area (Å²) in [7, 11) is 0. The summed E-state index contributed by atoms with van der Waals surface area (Å²) in [6.45, 7) is 1.88. The molecule has 5 heteroatoms. The lowest BCUT2D eigenvalue weighted by Crippen LogP contribution is -2.39. The number of primary amides is 1. The van der Waals surface area contributed by atoms with Crippen molar-refractivity contribution < 1.29 is 9.59 Å². The highest BCUT2D eigenvalue weighted by atomic mass is 16.2. The molecule has 2 aromatic carbocycles. The molecule has 1 heterocycles. The molecule has 0 radical (unpaired) electrons. The van der Waals surface area contributed by atoms with Gasteiger partial charge in [-0.1, -0.05) is 54.6 Å². The van der Waals surface area contributed by atoms with Gasteiger partial charge in [0.1, 0.15) is 0 Å². The molecule has 0 spiro atoms. The number of hydrogen-bond acceptors (Lipinski definition) is 3. The molecule has 0 aromatic heterocycles. The van der Waals surface area contributed by atoms with E-state index in [-0.39, 0.29) is 11.9 Å². The van der Waals surface area contributed by atoms with Crippen molar-refractivity contribution in [1.29, 1.82) is 0 Å². The minimum Gasteiger partial charge on any atom is -0.366 e. The maximum atomic E-state index is 12.8. The number of hydrogen-bond donors (Lipinski definition) is 2. The first-order valence-electron chi connectivity index (χ1n) is 10.5. The van der Waals surface area contributed by atoms with Gasteiger partial charge >= 0.3 is 0 Å². The first-order valence-corrected chi connectivity index (χ1v) is 10.5. The molecule has 1 atom stereocenters. The van der Waals surface area contributed by atoms with Crippen LogP contribution in [-0.2, 0) is 4.79 Å². The third kappa shape index (κ3) is 4.52. The van der Waals surface area contributed by atoms with E-state index in [1.54, 1.807) is 24.3 Å². The average molecular weight is 402 g/mol. The second-order valence-electron chi connectivity index (χ2n) is 7.86. The predicted octanol–water partition coefficient (Wildman–Crippen LogP) is 3.99. The normalized spacial score (nSPS) is 19.5. The van der Waals surface area contributed by atoms with Crippen molar-refractivity contribution in [3.05, 3.63) is 83.4 Å². The van der Waals surface area contributed by atoms with Gasteiger partial charge in [0.25, 0.3) is 11.8 Å². The molecule has 0 fully saturated rings. The molecule has 1 unspecified atom stereocenters. The molecular formula is C25H27N3O2. The molecule has 1 aliphatic heterocycles. The number of nitrogens with one attached hydrogen (secondary N) is 1. The largest absolute Gasteiger partial charge is 0.366 e. The Morgan fingerprint density at radius 3 is 2.50 bits per heavy atom. The number of anilines is 1. The monoisotopic (exact) mass is 401 g/mol. The van der Waals surface area contributed by atoms with Crippen molar-refractivity contribution in [3.8, 4) is 0 Å². The molecule has 3 N–H and O–H groups in total. The molecule has 5 nitrogen and oxygen atoms in total. The van der Waals surface area contributed by atoms with Crippen LogP contribution in [0.5, 0.6) is 0 Å². The number of para-hydroxylation sites is 1. The van der Waals surface area contributed by atoms with Crippen LogP contribution in [0.1, 0.15) is 41.6 Å². The quantitative estimate of drug-likeness (QED) is 0.795. The van der Waals surface area contributed by atoms with Gasteiger partial charge in [-0.05, 0) is 49.0 Å². The molecular weight excluding hydrogens is 374 g/mol. The average Bonchev–Trinajstić information content (AvgIpc) is 2.80. The van der Waals surface area contributed by atoms with Crippen molar-refractivity contribution in [3.63, 3.8) is 0 Å². The Balaban J connectivity index is 1.44. The fourth-order valence-corrected chi connectivity index (χ4v) is 4.29. The lowest BCUT2D eigenvalue weighted by atomic mass is 9.92. The summed E-state index contributed by atoms with van der Waals surface area (Å²) in [5, 5.41) is 2.88. The van der Waals surface area contributed by atoms with Crippen LogP contribution >= 0.6 is 0 Å². The minimum atomic E-state index is -0.546. The van der Waals surface area contributed by atoms with E-state index in [0.29, 0.717) is 11.3 Å². The van der Waals surface area contributed by atoms with Gasteiger partial charge in [0.15, 0.2) is 0 Å². The molecule has 4 rings (SSSR count). The van der Waals surface area contributed by atoms with Crippen molar-refractivity contribution in [1.82, 2.24) is 4.90 Å². The van der Waals surface area contributed by atoms with E-state index in [1.807, 2.05) is 6.07 Å². The van der Waals surface area contributed by atoms with Gasteiger partial charge in [0, 0.05) is 24.7 Å². The topological polar surface area (TPSA) is 75.4 Å². The maximum absolute atomic E-state index is 12.8. The number of carbonyl (C=O) groups excluding carboxylic acids is 2. The van der Waals surface area contributed by atoms with Crippen LogP contribution in [0.3, 0.4) is 0 Å². The molecule has 2 aliphatic rings. The number of benzene rings is 2. The number of rotatable bonds is 5.